The van der Waals surface area contributed by atoms with Gasteiger partial charge in [0.05, 0.1) is 31.3 Å². The molecular weight excluding hydrogens is 232 g/mol. The van der Waals surface area contributed by atoms with Gasteiger partial charge in [-0.1, -0.05) is 0 Å². The molecule has 1 aromatic heterocycles. The Balaban J connectivity index is 1.98. The van der Waals surface area contributed by atoms with Crippen LogP contribution in [0.1, 0.15) is 24.7 Å². The molecule has 0 radical (unpaired) electrons. The molecule has 1 saturated heterocycles. The SMILES string of the molecule is CCOC(=O)C=Cc1ncn(CC2CCO2)c1C. The van der Waals surface area contributed by atoms with Crippen LogP contribution >= 0.6 is 0 Å². The maximum atomic E-state index is 11.2. The number of ether oxygens (including phenoxy) is 2. The summed E-state index contributed by atoms with van der Waals surface area (Å²) in [6, 6.07) is 0. The van der Waals surface area contributed by atoms with Crippen LogP contribution < -0.4 is 0 Å². The van der Waals surface area contributed by atoms with Crippen molar-refractivity contribution in [3.8, 4) is 0 Å². The molecule has 98 valence electrons. The second-order valence-corrected chi connectivity index (χ2v) is 4.23. The molecular formula is C13H18N2O3. The number of nitrogens with zero attached hydrogens (tertiary/aromatic N) is 2. The van der Waals surface area contributed by atoms with Crippen LogP contribution in [-0.4, -0.2) is 34.8 Å². The highest BCUT2D eigenvalue weighted by atomic mass is 16.5. The molecule has 18 heavy (non-hydrogen) atoms. The fourth-order valence-electron chi connectivity index (χ4n) is 1.79. The molecule has 0 aromatic carbocycles. The molecule has 0 saturated carbocycles. The molecule has 2 heterocycles. The molecule has 5 heteroatoms. The lowest BCUT2D eigenvalue weighted by Crippen LogP contribution is -2.31. The van der Waals surface area contributed by atoms with E-state index in [1.807, 2.05) is 6.92 Å². The Labute approximate surface area is 106 Å². The molecule has 5 nitrogen and oxygen atoms in total. The van der Waals surface area contributed by atoms with E-state index in [2.05, 4.69) is 9.55 Å². The average Bonchev–Trinajstić information content (AvgIpc) is 2.63. The van der Waals surface area contributed by atoms with Gasteiger partial charge in [0.2, 0.25) is 0 Å². The molecule has 1 fully saturated rings. The predicted octanol–water partition coefficient (Wildman–Crippen LogP) is 1.56. The molecule has 1 aromatic rings. The van der Waals surface area contributed by atoms with E-state index in [4.69, 9.17) is 9.47 Å². The Morgan fingerprint density at radius 2 is 2.50 bits per heavy atom. The molecule has 1 aliphatic rings. The van der Waals surface area contributed by atoms with E-state index in [1.165, 1.54) is 6.08 Å². The van der Waals surface area contributed by atoms with Gasteiger partial charge in [0, 0.05) is 18.4 Å². The third kappa shape index (κ3) is 2.98. The molecule has 1 aliphatic heterocycles. The van der Waals surface area contributed by atoms with Crippen LogP contribution in [0.5, 0.6) is 0 Å². The van der Waals surface area contributed by atoms with Gasteiger partial charge < -0.3 is 14.0 Å². The Morgan fingerprint density at radius 3 is 3.11 bits per heavy atom. The summed E-state index contributed by atoms with van der Waals surface area (Å²) in [5, 5.41) is 0. The van der Waals surface area contributed by atoms with Gasteiger partial charge in [-0.2, -0.15) is 0 Å². The first kappa shape index (κ1) is 12.8. The van der Waals surface area contributed by atoms with Gasteiger partial charge in [-0.15, -0.1) is 0 Å². The monoisotopic (exact) mass is 250 g/mol. The molecule has 1 unspecified atom stereocenters. The number of hydrogen-bond donors (Lipinski definition) is 0. The summed E-state index contributed by atoms with van der Waals surface area (Å²) in [6.45, 7) is 5.83. The number of rotatable bonds is 5. The maximum Gasteiger partial charge on any atom is 0.330 e. The van der Waals surface area contributed by atoms with E-state index >= 15 is 0 Å². The van der Waals surface area contributed by atoms with Crippen molar-refractivity contribution in [2.24, 2.45) is 0 Å². The minimum Gasteiger partial charge on any atom is -0.463 e. The molecule has 1 atom stereocenters. The number of aromatic nitrogens is 2. The quantitative estimate of drug-likeness (QED) is 0.588. The van der Waals surface area contributed by atoms with Crippen molar-refractivity contribution in [1.29, 1.82) is 0 Å². The van der Waals surface area contributed by atoms with Crippen LogP contribution in [0, 0.1) is 6.92 Å². The Hall–Kier alpha value is -1.62. The fourth-order valence-corrected chi connectivity index (χ4v) is 1.79. The maximum absolute atomic E-state index is 11.2. The smallest absolute Gasteiger partial charge is 0.330 e. The van der Waals surface area contributed by atoms with Crippen LogP contribution in [-0.2, 0) is 20.8 Å². The van der Waals surface area contributed by atoms with Crippen molar-refractivity contribution in [3.63, 3.8) is 0 Å². The van der Waals surface area contributed by atoms with Crippen LogP contribution in [0.2, 0.25) is 0 Å². The zero-order chi connectivity index (χ0) is 13.0. The number of esters is 1. The number of carbonyl (C=O) groups is 1. The van der Waals surface area contributed by atoms with Crippen LogP contribution in [0.4, 0.5) is 0 Å². The molecule has 0 amide bonds. The standard InChI is InChI=1S/C13H18N2O3/c1-3-17-13(16)5-4-12-10(2)15(9-14-12)8-11-6-7-18-11/h4-5,9,11H,3,6-8H2,1-2H3. The average molecular weight is 250 g/mol. The first-order valence-corrected chi connectivity index (χ1v) is 6.19. The number of imidazole rings is 1. The summed E-state index contributed by atoms with van der Waals surface area (Å²) < 4.78 is 12.3. The number of hydrogen-bond acceptors (Lipinski definition) is 4. The lowest BCUT2D eigenvalue weighted by molar-refractivity contribution is -0.137. The zero-order valence-corrected chi connectivity index (χ0v) is 10.8. The molecule has 0 spiro atoms. The second kappa shape index (κ2) is 5.82. The normalized spacial score (nSPS) is 18.9. The Kier molecular flexibility index (Phi) is 4.15. The first-order valence-electron chi connectivity index (χ1n) is 6.19. The molecule has 0 aliphatic carbocycles. The molecule has 2 rings (SSSR count). The summed E-state index contributed by atoms with van der Waals surface area (Å²) in [5.41, 5.74) is 1.83. The highest BCUT2D eigenvalue weighted by Gasteiger charge is 2.19. The summed E-state index contributed by atoms with van der Waals surface area (Å²) >= 11 is 0. The van der Waals surface area contributed by atoms with Crippen molar-refractivity contribution in [2.75, 3.05) is 13.2 Å². The summed E-state index contributed by atoms with van der Waals surface area (Å²) in [4.78, 5) is 15.5. The van der Waals surface area contributed by atoms with Gasteiger partial charge in [0.25, 0.3) is 0 Å². The topological polar surface area (TPSA) is 53.3 Å². The van der Waals surface area contributed by atoms with E-state index in [1.54, 1.807) is 19.3 Å². The van der Waals surface area contributed by atoms with E-state index < -0.39 is 0 Å². The van der Waals surface area contributed by atoms with Crippen LogP contribution in [0.25, 0.3) is 6.08 Å². The van der Waals surface area contributed by atoms with Gasteiger partial charge in [-0.3, -0.25) is 0 Å². The second-order valence-electron chi connectivity index (χ2n) is 4.23. The van der Waals surface area contributed by atoms with E-state index in [0.717, 1.165) is 31.0 Å². The first-order chi connectivity index (χ1) is 8.70. The number of carbonyl (C=O) groups excluding carboxylic acids is 1. The molecule has 0 bridgehead atoms. The van der Waals surface area contributed by atoms with Crippen molar-refractivity contribution < 1.29 is 14.3 Å². The molecule has 0 N–H and O–H groups in total. The zero-order valence-electron chi connectivity index (χ0n) is 10.8. The predicted molar refractivity (Wildman–Crippen MR) is 67.0 cm³/mol. The minimum atomic E-state index is -0.339. The van der Waals surface area contributed by atoms with E-state index in [-0.39, 0.29) is 5.97 Å². The van der Waals surface area contributed by atoms with Gasteiger partial charge >= 0.3 is 5.97 Å². The van der Waals surface area contributed by atoms with Gasteiger partial charge in [-0.25, -0.2) is 9.78 Å². The third-order valence-corrected chi connectivity index (χ3v) is 3.00. The van der Waals surface area contributed by atoms with E-state index in [0.29, 0.717) is 12.7 Å². The summed E-state index contributed by atoms with van der Waals surface area (Å²) in [7, 11) is 0. The minimum absolute atomic E-state index is 0.305. The largest absolute Gasteiger partial charge is 0.463 e. The van der Waals surface area contributed by atoms with Crippen molar-refractivity contribution in [3.05, 3.63) is 23.8 Å². The summed E-state index contributed by atoms with van der Waals surface area (Å²) in [5.74, 6) is -0.339. The Bertz CT molecular complexity index is 447. The van der Waals surface area contributed by atoms with E-state index in [9.17, 15) is 4.79 Å². The lowest BCUT2D eigenvalue weighted by atomic mass is 10.2. The van der Waals surface area contributed by atoms with Crippen LogP contribution in [0.15, 0.2) is 12.4 Å². The highest BCUT2D eigenvalue weighted by molar-refractivity contribution is 5.86. The van der Waals surface area contributed by atoms with Gasteiger partial charge in [-0.05, 0) is 26.3 Å². The highest BCUT2D eigenvalue weighted by Crippen LogP contribution is 2.16. The van der Waals surface area contributed by atoms with Gasteiger partial charge in [0.1, 0.15) is 0 Å². The summed E-state index contributed by atoms with van der Waals surface area (Å²) in [6.07, 6.45) is 6.28. The van der Waals surface area contributed by atoms with Crippen molar-refractivity contribution >= 4 is 12.0 Å². The lowest BCUT2D eigenvalue weighted by Gasteiger charge is -2.27. The Morgan fingerprint density at radius 1 is 1.72 bits per heavy atom. The third-order valence-electron chi connectivity index (χ3n) is 3.00. The van der Waals surface area contributed by atoms with Gasteiger partial charge in [0.15, 0.2) is 0 Å². The van der Waals surface area contributed by atoms with Crippen LogP contribution in [0.3, 0.4) is 0 Å². The van der Waals surface area contributed by atoms with Crippen molar-refractivity contribution in [1.82, 2.24) is 9.55 Å². The fraction of sp³-hybridized carbons (Fsp3) is 0.538. The van der Waals surface area contributed by atoms with Crippen molar-refractivity contribution in [2.45, 2.75) is 32.9 Å².